The lowest BCUT2D eigenvalue weighted by molar-refractivity contribution is 0.0685. The van der Waals surface area contributed by atoms with Crippen molar-refractivity contribution in [3.63, 3.8) is 0 Å². The van der Waals surface area contributed by atoms with Gasteiger partial charge in [-0.05, 0) is 34.1 Å². The normalized spacial score (nSPS) is 10.3. The van der Waals surface area contributed by atoms with Crippen LogP contribution in [0.15, 0.2) is 34.9 Å². The zero-order valence-electron chi connectivity index (χ0n) is 11.1. The SMILES string of the molecule is COc1ccc(Cn2cc(Br)cc2C(=O)O)c(OC)c1. The minimum absolute atomic E-state index is 0.217. The van der Waals surface area contributed by atoms with Crippen molar-refractivity contribution in [2.75, 3.05) is 14.2 Å². The second-order valence-corrected chi connectivity index (χ2v) is 5.07. The summed E-state index contributed by atoms with van der Waals surface area (Å²) in [6.45, 7) is 0.403. The van der Waals surface area contributed by atoms with E-state index in [2.05, 4.69) is 15.9 Å². The van der Waals surface area contributed by atoms with E-state index in [1.54, 1.807) is 37.1 Å². The molecule has 0 amide bonds. The average molecular weight is 340 g/mol. The molecular formula is C14H14BrNO4. The number of halogens is 1. The number of aromatic carboxylic acids is 1. The van der Waals surface area contributed by atoms with Crippen molar-refractivity contribution in [3.8, 4) is 11.5 Å². The van der Waals surface area contributed by atoms with Gasteiger partial charge in [-0.2, -0.15) is 0 Å². The van der Waals surface area contributed by atoms with Crippen LogP contribution in [0, 0.1) is 0 Å². The van der Waals surface area contributed by atoms with Crippen molar-refractivity contribution in [3.05, 3.63) is 46.2 Å². The van der Waals surface area contributed by atoms with E-state index in [-0.39, 0.29) is 5.69 Å². The largest absolute Gasteiger partial charge is 0.497 e. The molecule has 0 spiro atoms. The third-order valence-electron chi connectivity index (χ3n) is 2.92. The first kappa shape index (κ1) is 14.5. The van der Waals surface area contributed by atoms with Crippen molar-refractivity contribution in [2.24, 2.45) is 0 Å². The number of hydrogen-bond acceptors (Lipinski definition) is 3. The van der Waals surface area contributed by atoms with Crippen molar-refractivity contribution in [1.29, 1.82) is 0 Å². The smallest absolute Gasteiger partial charge is 0.352 e. The van der Waals surface area contributed by atoms with E-state index in [1.165, 1.54) is 0 Å². The molecule has 2 aromatic rings. The molecular weight excluding hydrogens is 326 g/mol. The molecule has 2 rings (SSSR count). The lowest BCUT2D eigenvalue weighted by atomic mass is 10.2. The summed E-state index contributed by atoms with van der Waals surface area (Å²) < 4.78 is 12.8. The van der Waals surface area contributed by atoms with Crippen molar-refractivity contribution in [1.82, 2.24) is 4.57 Å². The molecule has 1 aromatic carbocycles. The van der Waals surface area contributed by atoms with E-state index in [9.17, 15) is 9.90 Å². The van der Waals surface area contributed by atoms with Gasteiger partial charge < -0.3 is 19.1 Å². The maximum Gasteiger partial charge on any atom is 0.352 e. The average Bonchev–Trinajstić information content (AvgIpc) is 2.80. The van der Waals surface area contributed by atoms with Crippen LogP contribution >= 0.6 is 15.9 Å². The van der Waals surface area contributed by atoms with Gasteiger partial charge in [0, 0.05) is 22.3 Å². The third kappa shape index (κ3) is 2.96. The van der Waals surface area contributed by atoms with Crippen LogP contribution in [-0.4, -0.2) is 29.9 Å². The van der Waals surface area contributed by atoms with E-state index in [4.69, 9.17) is 9.47 Å². The zero-order valence-corrected chi connectivity index (χ0v) is 12.7. The summed E-state index contributed by atoms with van der Waals surface area (Å²) >= 11 is 3.29. The highest BCUT2D eigenvalue weighted by atomic mass is 79.9. The molecule has 0 saturated heterocycles. The fourth-order valence-electron chi connectivity index (χ4n) is 1.95. The molecule has 1 heterocycles. The Hall–Kier alpha value is -1.95. The molecule has 0 radical (unpaired) electrons. The number of carboxylic acids is 1. The van der Waals surface area contributed by atoms with Crippen LogP contribution in [0.1, 0.15) is 16.1 Å². The van der Waals surface area contributed by atoms with Crippen LogP contribution in [0.5, 0.6) is 11.5 Å². The summed E-state index contributed by atoms with van der Waals surface area (Å²) in [6.07, 6.45) is 1.73. The first-order chi connectivity index (χ1) is 9.55. The molecule has 0 aliphatic rings. The Morgan fingerprint density at radius 3 is 2.65 bits per heavy atom. The molecule has 1 aromatic heterocycles. The summed E-state index contributed by atoms with van der Waals surface area (Å²) in [7, 11) is 3.15. The predicted molar refractivity (Wildman–Crippen MR) is 77.7 cm³/mol. The Morgan fingerprint density at radius 2 is 2.05 bits per heavy atom. The highest BCUT2D eigenvalue weighted by Crippen LogP contribution is 2.26. The second kappa shape index (κ2) is 6.00. The Labute approximate surface area is 124 Å². The van der Waals surface area contributed by atoms with Crippen molar-refractivity contribution >= 4 is 21.9 Å². The summed E-state index contributed by atoms with van der Waals surface area (Å²) in [6, 6.07) is 7.01. The number of aromatic nitrogens is 1. The fraction of sp³-hybridized carbons (Fsp3) is 0.214. The minimum atomic E-state index is -0.969. The Bertz CT molecular complexity index is 636. The minimum Gasteiger partial charge on any atom is -0.497 e. The van der Waals surface area contributed by atoms with Crippen LogP contribution in [0.3, 0.4) is 0 Å². The first-order valence-electron chi connectivity index (χ1n) is 5.85. The quantitative estimate of drug-likeness (QED) is 0.909. The van der Waals surface area contributed by atoms with Gasteiger partial charge in [0.25, 0.3) is 0 Å². The molecule has 106 valence electrons. The third-order valence-corrected chi connectivity index (χ3v) is 3.35. The number of carbonyl (C=O) groups is 1. The first-order valence-corrected chi connectivity index (χ1v) is 6.64. The number of hydrogen-bond donors (Lipinski definition) is 1. The Morgan fingerprint density at radius 1 is 1.30 bits per heavy atom. The maximum atomic E-state index is 11.2. The monoisotopic (exact) mass is 339 g/mol. The van der Waals surface area contributed by atoms with Gasteiger partial charge in [-0.15, -0.1) is 0 Å². The van der Waals surface area contributed by atoms with Gasteiger partial charge in [-0.25, -0.2) is 4.79 Å². The lowest BCUT2D eigenvalue weighted by Gasteiger charge is -2.12. The molecule has 0 atom stereocenters. The summed E-state index contributed by atoms with van der Waals surface area (Å²) in [4.78, 5) is 11.2. The van der Waals surface area contributed by atoms with Crippen LogP contribution in [0.2, 0.25) is 0 Å². The van der Waals surface area contributed by atoms with Gasteiger partial charge in [0.1, 0.15) is 17.2 Å². The van der Waals surface area contributed by atoms with Gasteiger partial charge in [0.05, 0.1) is 20.8 Å². The molecule has 0 saturated carbocycles. The van der Waals surface area contributed by atoms with Gasteiger partial charge in [-0.1, -0.05) is 0 Å². The van der Waals surface area contributed by atoms with Gasteiger partial charge in [0.2, 0.25) is 0 Å². The van der Waals surface area contributed by atoms with E-state index in [0.717, 1.165) is 10.0 Å². The summed E-state index contributed by atoms with van der Waals surface area (Å²) in [5, 5.41) is 9.17. The molecule has 20 heavy (non-hydrogen) atoms. The lowest BCUT2D eigenvalue weighted by Crippen LogP contribution is -2.09. The number of rotatable bonds is 5. The number of ether oxygens (including phenoxy) is 2. The highest BCUT2D eigenvalue weighted by molar-refractivity contribution is 9.10. The number of carboxylic acid groups (broad SMARTS) is 1. The molecule has 0 aliphatic heterocycles. The van der Waals surface area contributed by atoms with Gasteiger partial charge in [-0.3, -0.25) is 0 Å². The fourth-order valence-corrected chi connectivity index (χ4v) is 2.41. The standard InChI is InChI=1S/C14H14BrNO4/c1-19-11-4-3-9(13(6-11)20-2)7-16-8-10(15)5-12(16)14(17)18/h3-6,8H,7H2,1-2H3,(H,17,18). The van der Waals surface area contributed by atoms with Crippen LogP contribution < -0.4 is 9.47 Å². The van der Waals surface area contributed by atoms with Crippen LogP contribution in [0.25, 0.3) is 0 Å². The van der Waals surface area contributed by atoms with Crippen LogP contribution in [-0.2, 0) is 6.54 Å². The molecule has 6 heteroatoms. The topological polar surface area (TPSA) is 60.7 Å². The number of nitrogens with zero attached hydrogens (tertiary/aromatic N) is 1. The zero-order chi connectivity index (χ0) is 14.7. The van der Waals surface area contributed by atoms with Crippen molar-refractivity contribution in [2.45, 2.75) is 6.54 Å². The molecule has 1 N–H and O–H groups in total. The van der Waals surface area contributed by atoms with E-state index < -0.39 is 5.97 Å². The second-order valence-electron chi connectivity index (χ2n) is 4.15. The summed E-state index contributed by atoms with van der Waals surface area (Å²) in [5.41, 5.74) is 1.09. The molecule has 0 fully saturated rings. The van der Waals surface area contributed by atoms with E-state index in [0.29, 0.717) is 18.0 Å². The molecule has 0 bridgehead atoms. The van der Waals surface area contributed by atoms with Crippen LogP contribution in [0.4, 0.5) is 0 Å². The van der Waals surface area contributed by atoms with E-state index in [1.807, 2.05) is 12.1 Å². The predicted octanol–water partition coefficient (Wildman–Crippen LogP) is 3.01. The van der Waals surface area contributed by atoms with Crippen molar-refractivity contribution < 1.29 is 19.4 Å². The molecule has 0 unspecified atom stereocenters. The number of methoxy groups -OCH3 is 2. The molecule has 0 aliphatic carbocycles. The Balaban J connectivity index is 2.37. The molecule has 5 nitrogen and oxygen atoms in total. The van der Waals surface area contributed by atoms with Gasteiger partial charge in [0.15, 0.2) is 0 Å². The maximum absolute atomic E-state index is 11.2. The Kier molecular flexibility index (Phi) is 4.34. The van der Waals surface area contributed by atoms with E-state index >= 15 is 0 Å². The number of benzene rings is 1. The summed E-state index contributed by atoms with van der Waals surface area (Å²) in [5.74, 6) is 0.381. The highest BCUT2D eigenvalue weighted by Gasteiger charge is 2.14. The van der Waals surface area contributed by atoms with Gasteiger partial charge >= 0.3 is 5.97 Å².